The van der Waals surface area contributed by atoms with Gasteiger partial charge >= 0.3 is 6.03 Å². The highest BCUT2D eigenvalue weighted by molar-refractivity contribution is 9.10. The van der Waals surface area contributed by atoms with Crippen LogP contribution in [0.2, 0.25) is 0 Å². The number of carbonyl (C=O) groups excluding carboxylic acids is 3. The van der Waals surface area contributed by atoms with Gasteiger partial charge in [-0.25, -0.2) is 9.69 Å². The van der Waals surface area contributed by atoms with E-state index in [4.69, 9.17) is 4.74 Å². The van der Waals surface area contributed by atoms with E-state index in [0.717, 1.165) is 26.1 Å². The van der Waals surface area contributed by atoms with Crippen molar-refractivity contribution in [3.05, 3.63) is 99.0 Å². The first kappa shape index (κ1) is 22.5. The zero-order valence-corrected chi connectivity index (χ0v) is 19.7. The van der Waals surface area contributed by atoms with Gasteiger partial charge in [-0.15, -0.1) is 0 Å². The lowest BCUT2D eigenvalue weighted by Crippen LogP contribution is -2.54. The van der Waals surface area contributed by atoms with Crippen molar-refractivity contribution in [1.29, 1.82) is 0 Å². The van der Waals surface area contributed by atoms with E-state index in [1.807, 2.05) is 56.3 Å². The third-order valence-electron chi connectivity index (χ3n) is 5.08. The molecule has 3 aromatic carbocycles. The second-order valence-electron chi connectivity index (χ2n) is 7.76. The smallest absolute Gasteiger partial charge is 0.335 e. The van der Waals surface area contributed by atoms with E-state index in [-0.39, 0.29) is 5.57 Å². The summed E-state index contributed by atoms with van der Waals surface area (Å²) in [6.07, 6.45) is 1.45. The summed E-state index contributed by atoms with van der Waals surface area (Å²) in [6, 6.07) is 19.6. The van der Waals surface area contributed by atoms with Crippen LogP contribution in [-0.2, 0) is 16.2 Å². The summed E-state index contributed by atoms with van der Waals surface area (Å²) in [6.45, 7) is 4.08. The SMILES string of the molecule is Cc1cc(C)cc(N2C(=O)NC(=O)/C(=C\c3cc(Br)ccc3OCc3ccccc3)C2=O)c1. The molecule has 0 spiro atoms. The van der Waals surface area contributed by atoms with Gasteiger partial charge in [0.15, 0.2) is 0 Å². The number of benzene rings is 3. The largest absolute Gasteiger partial charge is 0.488 e. The Balaban J connectivity index is 1.70. The van der Waals surface area contributed by atoms with E-state index in [1.54, 1.807) is 24.3 Å². The van der Waals surface area contributed by atoms with Crippen LogP contribution in [-0.4, -0.2) is 17.8 Å². The molecule has 6 nitrogen and oxygen atoms in total. The van der Waals surface area contributed by atoms with Crippen LogP contribution in [0.5, 0.6) is 5.75 Å². The quantitative estimate of drug-likeness (QED) is 0.377. The highest BCUT2D eigenvalue weighted by Crippen LogP contribution is 2.29. The minimum Gasteiger partial charge on any atom is -0.488 e. The van der Waals surface area contributed by atoms with Gasteiger partial charge in [0.25, 0.3) is 11.8 Å². The maximum Gasteiger partial charge on any atom is 0.335 e. The Morgan fingerprint density at radius 1 is 0.939 bits per heavy atom. The maximum atomic E-state index is 13.3. The zero-order chi connectivity index (χ0) is 23.5. The number of barbiturate groups is 1. The number of nitrogens with zero attached hydrogens (tertiary/aromatic N) is 1. The summed E-state index contributed by atoms with van der Waals surface area (Å²) in [5, 5.41) is 2.27. The number of nitrogens with one attached hydrogen (secondary N) is 1. The number of amides is 4. The number of rotatable bonds is 5. The van der Waals surface area contributed by atoms with Crippen molar-refractivity contribution < 1.29 is 19.1 Å². The number of hydrogen-bond acceptors (Lipinski definition) is 4. The second kappa shape index (κ2) is 9.42. The topological polar surface area (TPSA) is 75.7 Å². The minimum atomic E-state index is -0.776. The molecule has 3 aromatic rings. The van der Waals surface area contributed by atoms with Crippen LogP contribution in [0.25, 0.3) is 6.08 Å². The van der Waals surface area contributed by atoms with Crippen LogP contribution in [0, 0.1) is 13.8 Å². The molecule has 0 aromatic heterocycles. The average Bonchev–Trinajstić information content (AvgIpc) is 2.76. The predicted molar refractivity (Wildman–Crippen MR) is 130 cm³/mol. The predicted octanol–water partition coefficient (Wildman–Crippen LogP) is 5.31. The Bertz CT molecular complexity index is 1260. The molecule has 1 aliphatic rings. The molecule has 7 heteroatoms. The molecule has 1 aliphatic heterocycles. The van der Waals surface area contributed by atoms with E-state index in [1.165, 1.54) is 6.08 Å². The molecular formula is C26H21BrN2O4. The highest BCUT2D eigenvalue weighted by atomic mass is 79.9. The maximum absolute atomic E-state index is 13.3. The van der Waals surface area contributed by atoms with Crippen molar-refractivity contribution >= 4 is 45.5 Å². The van der Waals surface area contributed by atoms with Crippen LogP contribution >= 0.6 is 15.9 Å². The Labute approximate surface area is 200 Å². The summed E-state index contributed by atoms with van der Waals surface area (Å²) >= 11 is 3.43. The summed E-state index contributed by atoms with van der Waals surface area (Å²) in [4.78, 5) is 39.4. The lowest BCUT2D eigenvalue weighted by Gasteiger charge is -2.27. The third kappa shape index (κ3) is 5.04. The van der Waals surface area contributed by atoms with E-state index in [0.29, 0.717) is 23.6 Å². The molecule has 166 valence electrons. The number of anilines is 1. The lowest BCUT2D eigenvalue weighted by atomic mass is 10.0. The van der Waals surface area contributed by atoms with Crippen molar-refractivity contribution in [2.24, 2.45) is 0 Å². The van der Waals surface area contributed by atoms with Gasteiger partial charge in [-0.1, -0.05) is 52.3 Å². The number of ether oxygens (including phenoxy) is 1. The van der Waals surface area contributed by atoms with Crippen LogP contribution in [0.15, 0.2) is 76.8 Å². The molecular weight excluding hydrogens is 484 g/mol. The number of aryl methyl sites for hydroxylation is 2. The fraction of sp³-hybridized carbons (Fsp3) is 0.115. The molecule has 4 rings (SSSR count). The Kier molecular flexibility index (Phi) is 6.42. The Hall–Kier alpha value is -3.71. The van der Waals surface area contributed by atoms with Gasteiger partial charge in [-0.3, -0.25) is 14.9 Å². The molecule has 0 saturated carbocycles. The fourth-order valence-electron chi connectivity index (χ4n) is 3.63. The van der Waals surface area contributed by atoms with Gasteiger partial charge in [0.2, 0.25) is 0 Å². The first-order chi connectivity index (χ1) is 15.8. The van der Waals surface area contributed by atoms with Gasteiger partial charge in [-0.2, -0.15) is 0 Å². The van der Waals surface area contributed by atoms with Gasteiger partial charge in [0.1, 0.15) is 17.9 Å². The van der Waals surface area contributed by atoms with Crippen LogP contribution in [0.4, 0.5) is 10.5 Å². The Morgan fingerprint density at radius 3 is 2.33 bits per heavy atom. The van der Waals surface area contributed by atoms with Crippen molar-refractivity contribution in [3.63, 3.8) is 0 Å². The Morgan fingerprint density at radius 2 is 1.64 bits per heavy atom. The third-order valence-corrected chi connectivity index (χ3v) is 5.57. The van der Waals surface area contributed by atoms with Gasteiger partial charge in [0.05, 0.1) is 5.69 Å². The summed E-state index contributed by atoms with van der Waals surface area (Å²) < 4.78 is 6.72. The molecule has 0 radical (unpaired) electrons. The second-order valence-corrected chi connectivity index (χ2v) is 8.68. The van der Waals surface area contributed by atoms with Crippen molar-refractivity contribution in [1.82, 2.24) is 5.32 Å². The van der Waals surface area contributed by atoms with Gasteiger partial charge in [-0.05, 0) is 66.9 Å². The average molecular weight is 505 g/mol. The number of urea groups is 1. The number of halogens is 1. The number of imide groups is 2. The molecule has 4 amide bonds. The molecule has 0 unspecified atom stereocenters. The fourth-order valence-corrected chi connectivity index (χ4v) is 4.00. The van der Waals surface area contributed by atoms with Crippen molar-refractivity contribution in [3.8, 4) is 5.75 Å². The minimum absolute atomic E-state index is 0.156. The molecule has 1 N–H and O–H groups in total. The molecule has 0 atom stereocenters. The highest BCUT2D eigenvalue weighted by Gasteiger charge is 2.37. The van der Waals surface area contributed by atoms with Gasteiger partial charge < -0.3 is 4.74 Å². The molecule has 1 saturated heterocycles. The van der Waals surface area contributed by atoms with E-state index < -0.39 is 17.8 Å². The number of hydrogen-bond donors (Lipinski definition) is 1. The first-order valence-electron chi connectivity index (χ1n) is 10.3. The molecule has 0 bridgehead atoms. The zero-order valence-electron chi connectivity index (χ0n) is 18.1. The lowest BCUT2D eigenvalue weighted by molar-refractivity contribution is -0.122. The van der Waals surface area contributed by atoms with Crippen LogP contribution in [0.1, 0.15) is 22.3 Å². The monoisotopic (exact) mass is 504 g/mol. The number of carbonyl (C=O) groups is 3. The van der Waals surface area contributed by atoms with Crippen molar-refractivity contribution in [2.45, 2.75) is 20.5 Å². The van der Waals surface area contributed by atoms with Crippen LogP contribution < -0.4 is 15.0 Å². The molecule has 0 aliphatic carbocycles. The van der Waals surface area contributed by atoms with E-state index >= 15 is 0 Å². The normalized spacial score (nSPS) is 15.1. The van der Waals surface area contributed by atoms with Crippen molar-refractivity contribution in [2.75, 3.05) is 4.90 Å². The summed E-state index contributed by atoms with van der Waals surface area (Å²) in [5.41, 5.74) is 3.57. The van der Waals surface area contributed by atoms with E-state index in [2.05, 4.69) is 21.2 Å². The van der Waals surface area contributed by atoms with Crippen LogP contribution in [0.3, 0.4) is 0 Å². The molecule has 1 heterocycles. The summed E-state index contributed by atoms with van der Waals surface area (Å²) in [5.74, 6) is -0.938. The standard InChI is InChI=1S/C26H21BrN2O4/c1-16-10-17(2)12-21(11-16)29-25(31)22(24(30)28-26(29)32)14-19-13-20(27)8-9-23(19)33-15-18-6-4-3-5-7-18/h3-14H,15H2,1-2H3,(H,28,30,32)/b22-14+. The molecule has 1 fully saturated rings. The first-order valence-corrected chi connectivity index (χ1v) is 11.1. The summed E-state index contributed by atoms with van der Waals surface area (Å²) in [7, 11) is 0. The van der Waals surface area contributed by atoms with Gasteiger partial charge in [0, 0.05) is 10.0 Å². The molecule has 33 heavy (non-hydrogen) atoms. The van der Waals surface area contributed by atoms with E-state index in [9.17, 15) is 14.4 Å².